The zero-order valence-corrected chi connectivity index (χ0v) is 16.7. The van der Waals surface area contributed by atoms with Crippen LogP contribution in [0, 0.1) is 6.92 Å². The van der Waals surface area contributed by atoms with Gasteiger partial charge in [-0.3, -0.25) is 19.4 Å². The number of nitrogens with zero attached hydrogens (tertiary/aromatic N) is 5. The molecule has 0 spiro atoms. The average molecular weight is 396 g/mol. The Morgan fingerprint density at radius 2 is 2.00 bits per heavy atom. The van der Waals surface area contributed by atoms with Crippen LogP contribution in [0.3, 0.4) is 0 Å². The van der Waals surface area contributed by atoms with Gasteiger partial charge in [-0.2, -0.15) is 4.57 Å². The molecular weight excluding hydrogens is 374 g/mol. The third-order valence-corrected chi connectivity index (χ3v) is 5.00. The molecule has 1 fully saturated rings. The summed E-state index contributed by atoms with van der Waals surface area (Å²) in [5.41, 5.74) is 1.66. The van der Waals surface area contributed by atoms with Crippen LogP contribution in [0.15, 0.2) is 35.5 Å². The molecule has 2 aliphatic rings. The van der Waals surface area contributed by atoms with Crippen molar-refractivity contribution >= 4 is 29.5 Å². The number of rotatable bonds is 5. The fourth-order valence-corrected chi connectivity index (χ4v) is 3.77. The predicted molar refractivity (Wildman–Crippen MR) is 104 cm³/mol. The van der Waals surface area contributed by atoms with Crippen LogP contribution >= 0.6 is 0 Å². The standard InChI is InChI=1S/C20H22N5O4/c1-5-29-15-9-7-6-8-14(15)25-12(2)10-23-16-17(21-19(23)25)22(4)20(28)24(18(16)27)11-13(3)26/h6-10,16H,5,11H2,1-4H3/q+1. The van der Waals surface area contributed by atoms with Crippen molar-refractivity contribution in [1.29, 1.82) is 0 Å². The molecule has 9 nitrogen and oxygen atoms in total. The minimum atomic E-state index is -0.786. The number of amidine groups is 1. The van der Waals surface area contributed by atoms with Crippen molar-refractivity contribution in [3.05, 3.63) is 36.2 Å². The molecule has 3 amide bonds. The molecule has 0 radical (unpaired) electrons. The zero-order valence-electron chi connectivity index (χ0n) is 16.7. The first-order chi connectivity index (χ1) is 13.8. The molecule has 2 aliphatic heterocycles. The molecule has 0 N–H and O–H groups in total. The number of carbonyl (C=O) groups is 3. The lowest BCUT2D eigenvalue weighted by Gasteiger charge is -2.32. The Kier molecular flexibility index (Phi) is 4.45. The maximum atomic E-state index is 13.1. The number of hydrogen-bond acceptors (Lipinski definition) is 5. The molecule has 1 unspecified atom stereocenters. The fraction of sp³-hybridized carbons (Fsp3) is 0.350. The zero-order chi connectivity index (χ0) is 20.9. The number of benzene rings is 1. The van der Waals surface area contributed by atoms with Gasteiger partial charge in [0.2, 0.25) is 11.9 Å². The summed E-state index contributed by atoms with van der Waals surface area (Å²) in [6.45, 7) is 5.44. The number of aromatic nitrogens is 2. The highest BCUT2D eigenvalue weighted by Gasteiger charge is 2.53. The molecule has 1 aromatic carbocycles. The largest absolute Gasteiger partial charge is 0.490 e. The fourth-order valence-electron chi connectivity index (χ4n) is 3.77. The van der Waals surface area contributed by atoms with Gasteiger partial charge in [-0.15, -0.1) is 0 Å². The van der Waals surface area contributed by atoms with Gasteiger partial charge in [0.15, 0.2) is 5.75 Å². The van der Waals surface area contributed by atoms with Crippen LogP contribution < -0.4 is 9.30 Å². The second-order valence-corrected chi connectivity index (χ2v) is 7.05. The SMILES string of the molecule is CCOc1ccccc1-n1c(C)c[n+]2c1N=C1C2C(=O)N(CC(C)=O)C(=O)N1C. The predicted octanol–water partition coefficient (Wildman–Crippen LogP) is 1.54. The molecule has 3 heterocycles. The van der Waals surface area contributed by atoms with Crippen LogP contribution in [0.5, 0.6) is 5.75 Å². The van der Waals surface area contributed by atoms with Gasteiger partial charge in [-0.1, -0.05) is 17.1 Å². The van der Waals surface area contributed by atoms with Gasteiger partial charge >= 0.3 is 12.0 Å². The second-order valence-electron chi connectivity index (χ2n) is 7.05. The highest BCUT2D eigenvalue weighted by atomic mass is 16.5. The lowest BCUT2D eigenvalue weighted by molar-refractivity contribution is -0.676. The van der Waals surface area contributed by atoms with Crippen molar-refractivity contribution in [3.63, 3.8) is 0 Å². The van der Waals surface area contributed by atoms with E-state index in [-0.39, 0.29) is 12.3 Å². The highest BCUT2D eigenvalue weighted by molar-refractivity contribution is 6.19. The number of ketones is 1. The van der Waals surface area contributed by atoms with E-state index in [0.717, 1.165) is 16.3 Å². The van der Waals surface area contributed by atoms with E-state index in [1.165, 1.54) is 11.8 Å². The summed E-state index contributed by atoms with van der Waals surface area (Å²) in [7, 11) is 1.56. The van der Waals surface area contributed by atoms with Crippen molar-refractivity contribution in [3.8, 4) is 11.4 Å². The van der Waals surface area contributed by atoms with Gasteiger partial charge in [0.05, 0.1) is 13.2 Å². The molecule has 4 rings (SSSR count). The molecule has 29 heavy (non-hydrogen) atoms. The van der Waals surface area contributed by atoms with Crippen molar-refractivity contribution in [1.82, 2.24) is 14.4 Å². The summed E-state index contributed by atoms with van der Waals surface area (Å²) in [4.78, 5) is 44.2. The summed E-state index contributed by atoms with van der Waals surface area (Å²) in [6.07, 6.45) is 1.83. The van der Waals surface area contributed by atoms with E-state index in [1.807, 2.05) is 48.9 Å². The number of fused-ring (bicyclic) bond motifs is 3. The molecule has 1 aromatic heterocycles. The van der Waals surface area contributed by atoms with E-state index in [4.69, 9.17) is 4.74 Å². The summed E-state index contributed by atoms with van der Waals surface area (Å²) < 4.78 is 9.40. The highest BCUT2D eigenvalue weighted by Crippen LogP contribution is 2.33. The number of likely N-dealkylation sites (N-methyl/N-ethyl adjacent to an activating group) is 1. The number of ether oxygens (including phenoxy) is 1. The van der Waals surface area contributed by atoms with E-state index in [2.05, 4.69) is 4.99 Å². The van der Waals surface area contributed by atoms with Gasteiger partial charge < -0.3 is 4.74 Å². The van der Waals surface area contributed by atoms with Gasteiger partial charge in [0, 0.05) is 7.05 Å². The molecule has 1 saturated heterocycles. The Hall–Kier alpha value is -3.49. The maximum Gasteiger partial charge on any atom is 0.407 e. The summed E-state index contributed by atoms with van der Waals surface area (Å²) in [5.74, 6) is 0.843. The lowest BCUT2D eigenvalue weighted by Crippen LogP contribution is -2.63. The Morgan fingerprint density at radius 3 is 2.69 bits per heavy atom. The van der Waals surface area contributed by atoms with E-state index in [0.29, 0.717) is 24.1 Å². The molecule has 2 aromatic rings. The van der Waals surface area contributed by atoms with Gasteiger partial charge in [-0.25, -0.2) is 9.36 Å². The maximum absolute atomic E-state index is 13.1. The smallest absolute Gasteiger partial charge is 0.407 e. The average Bonchev–Trinajstić information content (AvgIpc) is 3.19. The topological polar surface area (TPSA) is 88.1 Å². The van der Waals surface area contributed by atoms with Crippen LogP contribution in [0.25, 0.3) is 5.69 Å². The monoisotopic (exact) mass is 396 g/mol. The minimum Gasteiger partial charge on any atom is -0.490 e. The van der Waals surface area contributed by atoms with Crippen molar-refractivity contribution in [2.45, 2.75) is 26.8 Å². The van der Waals surface area contributed by atoms with Gasteiger partial charge in [-0.05, 0) is 32.9 Å². The Balaban J connectivity index is 1.85. The first-order valence-corrected chi connectivity index (χ1v) is 9.38. The number of para-hydroxylation sites is 2. The first-order valence-electron chi connectivity index (χ1n) is 9.38. The van der Waals surface area contributed by atoms with Crippen molar-refractivity contribution in [2.24, 2.45) is 4.99 Å². The lowest BCUT2D eigenvalue weighted by atomic mass is 10.1. The quantitative estimate of drug-likeness (QED) is 0.717. The summed E-state index contributed by atoms with van der Waals surface area (Å²) >= 11 is 0. The van der Waals surface area contributed by atoms with Crippen molar-refractivity contribution in [2.75, 3.05) is 20.2 Å². The Morgan fingerprint density at radius 1 is 1.28 bits per heavy atom. The number of urea groups is 1. The number of aryl methyl sites for hydroxylation is 1. The van der Waals surface area contributed by atoms with Crippen LogP contribution in [0.4, 0.5) is 10.7 Å². The van der Waals surface area contributed by atoms with E-state index in [9.17, 15) is 14.4 Å². The number of imidazole rings is 1. The number of Topliss-reactive ketones (excluding diaryl/α,β-unsaturated/α-hetero) is 1. The van der Waals surface area contributed by atoms with E-state index < -0.39 is 18.0 Å². The van der Waals surface area contributed by atoms with Crippen LogP contribution in [0.1, 0.15) is 25.6 Å². The molecular formula is C20H22N5O4+. The van der Waals surface area contributed by atoms with Crippen LogP contribution in [-0.4, -0.2) is 58.1 Å². The third kappa shape index (κ3) is 2.81. The molecule has 0 bridgehead atoms. The third-order valence-electron chi connectivity index (χ3n) is 5.00. The molecule has 0 saturated carbocycles. The van der Waals surface area contributed by atoms with E-state index in [1.54, 1.807) is 11.6 Å². The molecule has 0 aliphatic carbocycles. The number of imide groups is 1. The number of hydrogen-bond donors (Lipinski definition) is 0. The van der Waals surface area contributed by atoms with Gasteiger partial charge in [0.1, 0.15) is 23.4 Å². The van der Waals surface area contributed by atoms with Crippen LogP contribution in [-0.2, 0) is 9.59 Å². The van der Waals surface area contributed by atoms with E-state index >= 15 is 0 Å². The minimum absolute atomic E-state index is 0.255. The molecule has 1 atom stereocenters. The number of amides is 3. The number of aliphatic imine (C=N–C) groups is 1. The normalized spacial score (nSPS) is 17.9. The first kappa shape index (κ1) is 18.9. The van der Waals surface area contributed by atoms with Crippen molar-refractivity contribution < 1.29 is 23.7 Å². The Bertz CT molecular complexity index is 1070. The van der Waals surface area contributed by atoms with Crippen LogP contribution in [0.2, 0.25) is 0 Å². The summed E-state index contributed by atoms with van der Waals surface area (Å²) in [5, 5.41) is 0. The summed E-state index contributed by atoms with van der Waals surface area (Å²) in [6, 6.07) is 6.25. The Labute approximate surface area is 167 Å². The molecule has 150 valence electrons. The van der Waals surface area contributed by atoms with Gasteiger partial charge in [0.25, 0.3) is 5.91 Å². The number of carbonyl (C=O) groups excluding carboxylic acids is 3. The second kappa shape index (κ2) is 6.84. The molecule has 9 heteroatoms.